The molecular weight excluding hydrogens is 1010 g/mol. The van der Waals surface area contributed by atoms with Crippen molar-refractivity contribution in [2.24, 2.45) is 4.99 Å². The summed E-state index contributed by atoms with van der Waals surface area (Å²) in [5.74, 6) is -7.38. The number of nitrogens with zero attached hydrogens (tertiary/aromatic N) is 1. The number of aromatic carboxylic acids is 1. The van der Waals surface area contributed by atoms with Crippen molar-refractivity contribution in [3.05, 3.63) is 131 Å². The molecule has 0 bridgehead atoms. The molecule has 24 heteroatoms. The van der Waals surface area contributed by atoms with E-state index >= 15 is 0 Å². The van der Waals surface area contributed by atoms with Crippen molar-refractivity contribution in [1.29, 1.82) is 0 Å². The molecule has 4 aromatic rings. The minimum atomic E-state index is -4.38. The molecule has 0 saturated carbocycles. The molecule has 73 heavy (non-hydrogen) atoms. The molecule has 1 aliphatic rings. The standard InChI is InChI=1S/C49H49N5O16S3/c1-26(2)48(62)68-24-33(70-49(63)27(3)4)23-50-37(22-38(56)57)46(59)54-44-42(73(7,66)67)40(30-16-12-9-13-17-30)36(52-44)21-35-39(29-14-10-8-11-15-29)41(72(6,64)65)43(51-35)53-45(58)28(5)71-34-19-31(47(60)61)18-32(20-34)69-25-55/h8-21,25,28,33,37,50-51H,1,3,22-24H2,2,4-7H3,(H,53,58)(H,56,57)(H,60,61)(H,52,54,59)/b36-21-. The molecule has 0 radical (unpaired) electrons. The highest BCUT2D eigenvalue weighted by Crippen LogP contribution is 2.42. The highest BCUT2D eigenvalue weighted by atomic mass is 32.2. The number of thioether (sulfide) groups is 1. The number of amides is 2. The summed E-state index contributed by atoms with van der Waals surface area (Å²) in [6, 6.07) is 18.1. The van der Waals surface area contributed by atoms with Gasteiger partial charge in [-0.2, -0.15) is 0 Å². The van der Waals surface area contributed by atoms with Gasteiger partial charge in [0.25, 0.3) is 6.47 Å². The molecule has 384 valence electrons. The maximum absolute atomic E-state index is 14.1. The summed E-state index contributed by atoms with van der Waals surface area (Å²) in [4.78, 5) is 94.5. The van der Waals surface area contributed by atoms with Gasteiger partial charge in [0.15, 0.2) is 25.5 Å². The first-order chi connectivity index (χ1) is 34.3. The molecule has 3 aromatic carbocycles. The molecule has 1 aromatic heterocycles. The quantitative estimate of drug-likeness (QED) is 0.0251. The van der Waals surface area contributed by atoms with Gasteiger partial charge in [0.1, 0.15) is 34.1 Å². The normalized spacial score (nSPS) is 14.3. The topological polar surface area (TPSA) is 320 Å². The van der Waals surface area contributed by atoms with Crippen LogP contribution in [0.4, 0.5) is 5.82 Å². The number of carboxylic acid groups (broad SMARTS) is 2. The van der Waals surface area contributed by atoms with Crippen LogP contribution in [0.2, 0.25) is 0 Å². The third kappa shape index (κ3) is 14.8. The van der Waals surface area contributed by atoms with Crippen molar-refractivity contribution < 1.29 is 74.8 Å². The Morgan fingerprint density at radius 3 is 2.00 bits per heavy atom. The second-order valence-corrected chi connectivity index (χ2v) is 21.6. The number of aliphatic carboxylic acids is 1. The number of carbonyl (C=O) groups is 7. The number of esters is 2. The van der Waals surface area contributed by atoms with E-state index in [1.807, 2.05) is 0 Å². The number of nitrogens with one attached hydrogen (secondary N) is 4. The van der Waals surface area contributed by atoms with Crippen molar-refractivity contribution in [1.82, 2.24) is 15.6 Å². The van der Waals surface area contributed by atoms with Crippen LogP contribution in [0.15, 0.2) is 129 Å². The van der Waals surface area contributed by atoms with E-state index in [2.05, 4.69) is 39.1 Å². The number of hydrogen-bond donors (Lipinski definition) is 6. The number of aromatic amines is 1. The van der Waals surface area contributed by atoms with Crippen molar-refractivity contribution >= 4 is 96.9 Å². The Hall–Kier alpha value is -7.93. The highest BCUT2D eigenvalue weighted by Gasteiger charge is 2.36. The maximum Gasteiger partial charge on any atom is 0.335 e. The van der Waals surface area contributed by atoms with Crippen LogP contribution in [0, 0.1) is 0 Å². The van der Waals surface area contributed by atoms with Gasteiger partial charge in [-0.15, -0.1) is 11.8 Å². The van der Waals surface area contributed by atoms with Crippen LogP contribution in [-0.2, 0) is 57.9 Å². The molecule has 1 aliphatic heterocycles. The Kier molecular flexibility index (Phi) is 18.4. The van der Waals surface area contributed by atoms with Gasteiger partial charge in [0.05, 0.1) is 34.7 Å². The van der Waals surface area contributed by atoms with E-state index in [4.69, 9.17) is 14.2 Å². The summed E-state index contributed by atoms with van der Waals surface area (Å²) in [6.07, 6.45) is 0.880. The summed E-state index contributed by atoms with van der Waals surface area (Å²) in [5, 5.41) is 26.2. The molecule has 0 fully saturated rings. The average molecular weight is 1060 g/mol. The van der Waals surface area contributed by atoms with E-state index in [0.717, 1.165) is 30.3 Å². The average Bonchev–Trinajstić information content (AvgIpc) is 3.87. The van der Waals surface area contributed by atoms with Gasteiger partial charge in [-0.1, -0.05) is 73.8 Å². The summed E-state index contributed by atoms with van der Waals surface area (Å²) in [5.41, 5.74) is 0.112. The second kappa shape index (κ2) is 24.0. The van der Waals surface area contributed by atoms with Gasteiger partial charge in [-0.3, -0.25) is 19.2 Å². The zero-order valence-corrected chi connectivity index (χ0v) is 42.2. The smallest absolute Gasteiger partial charge is 0.335 e. The largest absolute Gasteiger partial charge is 0.481 e. The fourth-order valence-electron chi connectivity index (χ4n) is 6.95. The van der Waals surface area contributed by atoms with Crippen LogP contribution in [0.3, 0.4) is 0 Å². The number of ether oxygens (including phenoxy) is 3. The monoisotopic (exact) mass is 1060 g/mol. The van der Waals surface area contributed by atoms with Gasteiger partial charge in [0.2, 0.25) is 11.8 Å². The van der Waals surface area contributed by atoms with Gasteiger partial charge < -0.3 is 45.4 Å². The van der Waals surface area contributed by atoms with E-state index < -0.39 is 103 Å². The lowest BCUT2D eigenvalue weighted by atomic mass is 10.0. The molecule has 6 N–H and O–H groups in total. The summed E-state index contributed by atoms with van der Waals surface area (Å²) in [7, 11) is -8.66. The number of allylic oxidation sites excluding steroid dienone is 1. The Balaban J connectivity index is 1.64. The molecule has 3 unspecified atom stereocenters. The van der Waals surface area contributed by atoms with Crippen LogP contribution >= 0.6 is 11.8 Å². The fraction of sp³-hybridized carbons (Fsp3) is 0.224. The van der Waals surface area contributed by atoms with Crippen molar-refractivity contribution in [3.8, 4) is 16.9 Å². The maximum atomic E-state index is 14.1. The fourth-order valence-corrected chi connectivity index (χ4v) is 10.0. The Morgan fingerprint density at radius 1 is 0.836 bits per heavy atom. The third-order valence-electron chi connectivity index (χ3n) is 10.2. The number of rotatable bonds is 23. The van der Waals surface area contributed by atoms with Gasteiger partial charge in [-0.05, 0) is 56.2 Å². The molecular formula is C49H49N5O16S3. The number of carbonyl (C=O) groups excluding carboxylic acids is 5. The first-order valence-corrected chi connectivity index (χ1v) is 26.2. The molecule has 0 saturated heterocycles. The highest BCUT2D eigenvalue weighted by molar-refractivity contribution is 8.00. The molecule has 2 amide bonds. The minimum absolute atomic E-state index is 0.0126. The minimum Gasteiger partial charge on any atom is -0.481 e. The number of hydrogen-bond acceptors (Lipinski definition) is 17. The van der Waals surface area contributed by atoms with Crippen molar-refractivity contribution in [3.63, 3.8) is 0 Å². The van der Waals surface area contributed by atoms with Crippen molar-refractivity contribution in [2.45, 2.75) is 54.4 Å². The SMILES string of the molecule is C=C(C)C(=O)OCC(CNC(CC(=O)O)C(=O)NC1=N/C(=C\c2[nH]c(NC(=O)C(C)Sc3cc(OC=O)cc(C(=O)O)c3)c(S(C)(=O)=O)c2-c2ccccc2)C(c2ccccc2)=C1S(C)(=O)=O)OC(=O)C(=C)C. The third-order valence-corrected chi connectivity index (χ3v) is 13.6. The summed E-state index contributed by atoms with van der Waals surface area (Å²) in [6.45, 7) is 10.3. The number of amidine groups is 1. The van der Waals surface area contributed by atoms with E-state index in [9.17, 15) is 60.6 Å². The van der Waals surface area contributed by atoms with Crippen molar-refractivity contribution in [2.75, 3.05) is 31.0 Å². The van der Waals surface area contributed by atoms with E-state index in [1.165, 1.54) is 39.0 Å². The first kappa shape index (κ1) is 56.0. The van der Waals surface area contributed by atoms with Crippen LogP contribution in [0.25, 0.3) is 22.8 Å². The Labute approximate surface area is 423 Å². The van der Waals surface area contributed by atoms with E-state index in [-0.39, 0.29) is 72.6 Å². The Bertz CT molecular complexity index is 3220. The van der Waals surface area contributed by atoms with E-state index in [1.54, 1.807) is 60.7 Å². The van der Waals surface area contributed by atoms with Gasteiger partial charge >= 0.3 is 23.9 Å². The lowest BCUT2D eigenvalue weighted by Gasteiger charge is -2.22. The van der Waals surface area contributed by atoms with Crippen LogP contribution in [0.1, 0.15) is 48.8 Å². The van der Waals surface area contributed by atoms with Gasteiger partial charge in [-0.25, -0.2) is 36.2 Å². The zero-order chi connectivity index (χ0) is 53.9. The molecule has 5 rings (SSSR count). The summed E-state index contributed by atoms with van der Waals surface area (Å²) >= 11 is 0.869. The lowest BCUT2D eigenvalue weighted by molar-refractivity contribution is -0.154. The van der Waals surface area contributed by atoms with Gasteiger partial charge in [0, 0.05) is 46.2 Å². The predicted molar refractivity (Wildman–Crippen MR) is 270 cm³/mol. The second-order valence-electron chi connectivity index (χ2n) is 16.3. The van der Waals surface area contributed by atoms with Crippen LogP contribution < -0.4 is 20.7 Å². The number of aliphatic imine (C=N–C) groups is 1. The first-order valence-electron chi connectivity index (χ1n) is 21.5. The number of anilines is 1. The van der Waals surface area contributed by atoms with E-state index in [0.29, 0.717) is 5.56 Å². The Morgan fingerprint density at radius 2 is 1.45 bits per heavy atom. The molecule has 2 heterocycles. The molecule has 0 spiro atoms. The molecule has 0 aliphatic carbocycles. The number of carboxylic acids is 2. The number of sulfone groups is 2. The van der Waals surface area contributed by atoms with Crippen LogP contribution in [-0.4, -0.2) is 123 Å². The zero-order valence-electron chi connectivity index (χ0n) is 39.7. The predicted octanol–water partition coefficient (Wildman–Crippen LogP) is 4.80. The number of aromatic nitrogens is 1. The van der Waals surface area contributed by atoms with Crippen LogP contribution in [0.5, 0.6) is 5.75 Å². The number of H-pyrrole nitrogens is 1. The number of benzene rings is 3. The molecule has 3 atom stereocenters. The summed E-state index contributed by atoms with van der Waals surface area (Å²) < 4.78 is 70.8. The molecule has 21 nitrogen and oxygen atoms in total. The lowest BCUT2D eigenvalue weighted by Crippen LogP contribution is -2.50.